The minimum Gasteiger partial charge on any atom is -0.481 e. The number of carboxylic acids is 1. The predicted molar refractivity (Wildman–Crippen MR) is 127 cm³/mol. The van der Waals surface area contributed by atoms with E-state index in [4.69, 9.17) is 27.9 Å². The van der Waals surface area contributed by atoms with Crippen LogP contribution in [-0.4, -0.2) is 34.8 Å². The van der Waals surface area contributed by atoms with E-state index in [9.17, 15) is 14.7 Å². The van der Waals surface area contributed by atoms with Crippen LogP contribution in [0.15, 0.2) is 42.5 Å². The SMILES string of the molecule is CC.C[C@H](C(=O)O)c1ccc(C2(NC(=O)c3cc4c(Cl)c(Cl)ccc4n3C)COC2)cc1. The smallest absolute Gasteiger partial charge is 0.310 e. The molecule has 0 spiro atoms. The van der Waals surface area contributed by atoms with E-state index in [0.29, 0.717) is 39.9 Å². The fourth-order valence-electron chi connectivity index (χ4n) is 3.70. The van der Waals surface area contributed by atoms with Gasteiger partial charge in [0.2, 0.25) is 0 Å². The zero-order valence-electron chi connectivity index (χ0n) is 18.4. The molecule has 3 aromatic rings. The Bertz CT molecular complexity index is 1150. The van der Waals surface area contributed by atoms with Crippen LogP contribution in [-0.2, 0) is 22.1 Å². The van der Waals surface area contributed by atoms with Crippen LogP contribution in [0.3, 0.4) is 0 Å². The fourth-order valence-corrected chi connectivity index (χ4v) is 4.08. The van der Waals surface area contributed by atoms with E-state index < -0.39 is 17.4 Å². The van der Waals surface area contributed by atoms with Crippen molar-refractivity contribution in [3.63, 3.8) is 0 Å². The van der Waals surface area contributed by atoms with E-state index in [2.05, 4.69) is 5.32 Å². The standard InChI is InChI=1S/C22H20Cl2N2O4.C2H6/c1-12(21(28)29)13-3-5-14(6-4-13)22(10-30-11-22)25-20(27)18-9-15-17(26(18)2)8-7-16(23)19(15)24;1-2/h3-9,12H,10-11H2,1-2H3,(H,25,27)(H,28,29);1-2H3/t12-;/m0./s1. The second-order valence-electron chi connectivity index (χ2n) is 7.59. The fraction of sp³-hybridized carbons (Fsp3) is 0.333. The van der Waals surface area contributed by atoms with E-state index in [1.807, 2.05) is 32.0 Å². The van der Waals surface area contributed by atoms with Gasteiger partial charge in [-0.3, -0.25) is 9.59 Å². The molecular formula is C24H26Cl2N2O4. The highest BCUT2D eigenvalue weighted by Gasteiger charge is 2.42. The number of nitrogens with one attached hydrogen (secondary N) is 1. The Morgan fingerprint density at radius 3 is 2.28 bits per heavy atom. The van der Waals surface area contributed by atoms with E-state index in [0.717, 1.165) is 11.1 Å². The summed E-state index contributed by atoms with van der Waals surface area (Å²) in [5.74, 6) is -1.74. The number of rotatable bonds is 5. The number of aromatic nitrogens is 1. The van der Waals surface area contributed by atoms with E-state index >= 15 is 0 Å². The van der Waals surface area contributed by atoms with Crippen molar-refractivity contribution in [2.45, 2.75) is 32.2 Å². The molecular weight excluding hydrogens is 451 g/mol. The predicted octanol–water partition coefficient (Wildman–Crippen LogP) is 5.35. The molecule has 1 saturated heterocycles. The first-order valence-corrected chi connectivity index (χ1v) is 11.2. The van der Waals surface area contributed by atoms with Crippen LogP contribution in [0.1, 0.15) is 48.3 Å². The molecule has 1 aliphatic rings. The molecule has 1 amide bonds. The lowest BCUT2D eigenvalue weighted by Gasteiger charge is -2.42. The Hall–Kier alpha value is -2.54. The summed E-state index contributed by atoms with van der Waals surface area (Å²) in [7, 11) is 1.80. The molecule has 0 radical (unpaired) electrons. The largest absolute Gasteiger partial charge is 0.481 e. The van der Waals surface area contributed by atoms with Crippen LogP contribution in [0, 0.1) is 0 Å². The highest BCUT2D eigenvalue weighted by Crippen LogP contribution is 2.34. The molecule has 170 valence electrons. The molecule has 0 unspecified atom stereocenters. The van der Waals surface area contributed by atoms with Gasteiger partial charge in [0, 0.05) is 18.0 Å². The minimum atomic E-state index is -0.882. The van der Waals surface area contributed by atoms with Gasteiger partial charge in [0.25, 0.3) is 5.91 Å². The van der Waals surface area contributed by atoms with Gasteiger partial charge in [-0.2, -0.15) is 0 Å². The summed E-state index contributed by atoms with van der Waals surface area (Å²) in [4.78, 5) is 24.3. The summed E-state index contributed by atoms with van der Waals surface area (Å²) < 4.78 is 7.19. The molecule has 2 aromatic carbocycles. The van der Waals surface area contributed by atoms with Crippen molar-refractivity contribution in [2.24, 2.45) is 7.05 Å². The van der Waals surface area contributed by atoms with E-state index in [1.165, 1.54) is 0 Å². The van der Waals surface area contributed by atoms with Crippen molar-refractivity contribution < 1.29 is 19.4 Å². The highest BCUT2D eigenvalue weighted by atomic mass is 35.5. The number of benzene rings is 2. The first kappa shape index (κ1) is 24.1. The number of aliphatic carboxylic acids is 1. The van der Waals surface area contributed by atoms with Gasteiger partial charge in [0.05, 0.1) is 29.2 Å². The van der Waals surface area contributed by atoms with Crippen molar-refractivity contribution in [3.05, 3.63) is 69.3 Å². The molecule has 6 nitrogen and oxygen atoms in total. The molecule has 1 aromatic heterocycles. The maximum absolute atomic E-state index is 13.1. The van der Waals surface area contributed by atoms with Gasteiger partial charge < -0.3 is 19.7 Å². The molecule has 2 heterocycles. The number of ether oxygens (including phenoxy) is 1. The van der Waals surface area contributed by atoms with Gasteiger partial charge in [-0.1, -0.05) is 61.3 Å². The number of hydrogen-bond donors (Lipinski definition) is 2. The van der Waals surface area contributed by atoms with Crippen molar-refractivity contribution in [2.75, 3.05) is 13.2 Å². The summed E-state index contributed by atoms with van der Waals surface area (Å²) in [6, 6.07) is 12.5. The number of carboxylic acid groups (broad SMARTS) is 1. The van der Waals surface area contributed by atoms with Gasteiger partial charge in [0.1, 0.15) is 11.2 Å². The number of hydrogen-bond acceptors (Lipinski definition) is 3. The maximum Gasteiger partial charge on any atom is 0.310 e. The normalized spacial score (nSPS) is 15.3. The van der Waals surface area contributed by atoms with Gasteiger partial charge in [0.15, 0.2) is 0 Å². The zero-order chi connectivity index (χ0) is 23.6. The molecule has 0 saturated carbocycles. The molecule has 4 rings (SSSR count). The lowest BCUT2D eigenvalue weighted by atomic mass is 9.86. The van der Waals surface area contributed by atoms with Gasteiger partial charge in [-0.15, -0.1) is 0 Å². The first-order valence-electron chi connectivity index (χ1n) is 10.4. The molecule has 2 N–H and O–H groups in total. The number of amides is 1. The van der Waals surface area contributed by atoms with Gasteiger partial charge in [-0.25, -0.2) is 0 Å². The van der Waals surface area contributed by atoms with Crippen LogP contribution in [0.4, 0.5) is 0 Å². The van der Waals surface area contributed by atoms with Crippen LogP contribution < -0.4 is 5.32 Å². The quantitative estimate of drug-likeness (QED) is 0.519. The van der Waals surface area contributed by atoms with Crippen LogP contribution >= 0.6 is 23.2 Å². The Morgan fingerprint density at radius 1 is 1.12 bits per heavy atom. The van der Waals surface area contributed by atoms with Crippen molar-refractivity contribution in [3.8, 4) is 0 Å². The van der Waals surface area contributed by atoms with Crippen molar-refractivity contribution >= 4 is 46.0 Å². The lowest BCUT2D eigenvalue weighted by molar-refractivity contribution is -0.138. The third kappa shape index (κ3) is 4.22. The summed E-state index contributed by atoms with van der Waals surface area (Å²) >= 11 is 12.4. The molecule has 0 aliphatic carbocycles. The number of halogens is 2. The third-order valence-corrected chi connectivity index (χ3v) is 6.55. The van der Waals surface area contributed by atoms with Crippen LogP contribution in [0.2, 0.25) is 10.0 Å². The highest BCUT2D eigenvalue weighted by molar-refractivity contribution is 6.45. The second-order valence-corrected chi connectivity index (χ2v) is 8.38. The number of nitrogens with zero attached hydrogens (tertiary/aromatic N) is 1. The molecule has 1 aliphatic heterocycles. The van der Waals surface area contributed by atoms with Gasteiger partial charge in [-0.05, 0) is 36.2 Å². The lowest BCUT2D eigenvalue weighted by Crippen LogP contribution is -2.59. The first-order chi connectivity index (χ1) is 15.2. The Morgan fingerprint density at radius 2 is 1.75 bits per heavy atom. The monoisotopic (exact) mass is 476 g/mol. The van der Waals surface area contributed by atoms with Crippen molar-refractivity contribution in [1.82, 2.24) is 9.88 Å². The summed E-state index contributed by atoms with van der Waals surface area (Å²) in [6.45, 7) is 6.31. The average Bonchev–Trinajstić information content (AvgIpc) is 3.11. The van der Waals surface area contributed by atoms with Gasteiger partial charge >= 0.3 is 5.97 Å². The third-order valence-electron chi connectivity index (χ3n) is 5.73. The molecule has 1 fully saturated rings. The zero-order valence-corrected chi connectivity index (χ0v) is 19.9. The Kier molecular flexibility index (Phi) is 7.18. The molecule has 1 atom stereocenters. The Balaban J connectivity index is 0.00000141. The molecule has 8 heteroatoms. The molecule has 0 bridgehead atoms. The number of fused-ring (bicyclic) bond motifs is 1. The summed E-state index contributed by atoms with van der Waals surface area (Å²) in [5.41, 5.74) is 2.16. The second kappa shape index (κ2) is 9.53. The minimum absolute atomic E-state index is 0.257. The van der Waals surface area contributed by atoms with E-state index in [1.54, 1.807) is 42.8 Å². The molecule has 32 heavy (non-hydrogen) atoms. The number of carbonyl (C=O) groups excluding carboxylic acids is 1. The van der Waals surface area contributed by atoms with Crippen LogP contribution in [0.5, 0.6) is 0 Å². The van der Waals surface area contributed by atoms with E-state index in [-0.39, 0.29) is 5.91 Å². The Labute approximate surface area is 197 Å². The summed E-state index contributed by atoms with van der Waals surface area (Å²) in [6.07, 6.45) is 0. The topological polar surface area (TPSA) is 80.6 Å². The summed E-state index contributed by atoms with van der Waals surface area (Å²) in [5, 5.41) is 13.8. The average molecular weight is 477 g/mol. The van der Waals surface area contributed by atoms with Crippen LogP contribution in [0.25, 0.3) is 10.9 Å². The number of carbonyl (C=O) groups is 2. The van der Waals surface area contributed by atoms with Crippen molar-refractivity contribution in [1.29, 1.82) is 0 Å². The maximum atomic E-state index is 13.1. The number of aryl methyl sites for hydroxylation is 1.